The van der Waals surface area contributed by atoms with Gasteiger partial charge in [0, 0.05) is 28.2 Å². The van der Waals surface area contributed by atoms with Gasteiger partial charge in [-0.1, -0.05) is 32.9 Å². The van der Waals surface area contributed by atoms with Gasteiger partial charge in [-0.2, -0.15) is 0 Å². The number of thiazole rings is 2. The molecule has 0 saturated carbocycles. The molecule has 0 fully saturated rings. The Hall–Kier alpha value is -2.05. The zero-order chi connectivity index (χ0) is 16.4. The molecule has 3 rings (SSSR count). The van der Waals surface area contributed by atoms with Crippen LogP contribution in [0, 0.1) is 0 Å². The number of hydrogen-bond acceptors (Lipinski definition) is 5. The molecule has 0 aliphatic carbocycles. The molecule has 6 heteroatoms. The molecule has 1 N–H and O–H groups in total. The zero-order valence-corrected chi connectivity index (χ0v) is 14.8. The first kappa shape index (κ1) is 15.8. The summed E-state index contributed by atoms with van der Waals surface area (Å²) < 4.78 is 0. The van der Waals surface area contributed by atoms with Crippen LogP contribution in [0.4, 0.5) is 5.69 Å². The standard InChI is InChI=1S/C17H17N3OS2/c1-17(2,3)16-19-10-13(23-16)14(21)20-12-6-4-5-11(9-12)15-18-7-8-22-15/h4-10H,1-3H3,(H,20,21). The molecule has 2 aromatic heterocycles. The second kappa shape index (κ2) is 6.22. The molecule has 0 radical (unpaired) electrons. The maximum absolute atomic E-state index is 12.4. The minimum atomic E-state index is -0.130. The highest BCUT2D eigenvalue weighted by Crippen LogP contribution is 2.28. The largest absolute Gasteiger partial charge is 0.321 e. The normalized spacial score (nSPS) is 11.4. The van der Waals surface area contributed by atoms with Crippen molar-refractivity contribution in [1.82, 2.24) is 9.97 Å². The van der Waals surface area contributed by atoms with E-state index in [4.69, 9.17) is 0 Å². The third-order valence-corrected chi connectivity index (χ3v) is 5.41. The molecule has 0 spiro atoms. The highest BCUT2D eigenvalue weighted by Gasteiger charge is 2.20. The van der Waals surface area contributed by atoms with E-state index in [1.807, 2.05) is 29.6 Å². The topological polar surface area (TPSA) is 54.9 Å². The first-order valence-corrected chi connectivity index (χ1v) is 8.91. The smallest absolute Gasteiger partial charge is 0.267 e. The minimum absolute atomic E-state index is 0.0477. The third-order valence-electron chi connectivity index (χ3n) is 3.17. The Bertz CT molecular complexity index is 816. The quantitative estimate of drug-likeness (QED) is 0.742. The molecule has 0 aliphatic rings. The van der Waals surface area contributed by atoms with Crippen LogP contribution in [0.25, 0.3) is 10.6 Å². The molecular weight excluding hydrogens is 326 g/mol. The second-order valence-corrected chi connectivity index (χ2v) is 8.08. The van der Waals surface area contributed by atoms with E-state index in [1.54, 1.807) is 23.7 Å². The average molecular weight is 343 g/mol. The lowest BCUT2D eigenvalue weighted by molar-refractivity contribution is 0.103. The number of nitrogens with one attached hydrogen (secondary N) is 1. The maximum atomic E-state index is 12.4. The second-order valence-electron chi connectivity index (χ2n) is 6.15. The van der Waals surface area contributed by atoms with E-state index in [9.17, 15) is 4.79 Å². The van der Waals surface area contributed by atoms with Gasteiger partial charge in [-0.25, -0.2) is 9.97 Å². The van der Waals surface area contributed by atoms with Crippen LogP contribution >= 0.6 is 22.7 Å². The van der Waals surface area contributed by atoms with Gasteiger partial charge in [0.15, 0.2) is 0 Å². The number of anilines is 1. The monoisotopic (exact) mass is 343 g/mol. The Morgan fingerprint density at radius 1 is 1.22 bits per heavy atom. The SMILES string of the molecule is CC(C)(C)c1ncc(C(=O)Nc2cccc(-c3nccs3)c2)s1. The zero-order valence-electron chi connectivity index (χ0n) is 13.2. The van der Waals surface area contributed by atoms with Crippen LogP contribution in [0.2, 0.25) is 0 Å². The summed E-state index contributed by atoms with van der Waals surface area (Å²) in [6, 6.07) is 7.71. The molecule has 2 heterocycles. The highest BCUT2D eigenvalue weighted by atomic mass is 32.1. The Balaban J connectivity index is 1.78. The number of benzene rings is 1. The van der Waals surface area contributed by atoms with Crippen molar-refractivity contribution < 1.29 is 4.79 Å². The van der Waals surface area contributed by atoms with E-state index in [2.05, 4.69) is 36.1 Å². The van der Waals surface area contributed by atoms with Gasteiger partial charge in [0.05, 0.1) is 11.2 Å². The molecule has 1 amide bonds. The van der Waals surface area contributed by atoms with Gasteiger partial charge < -0.3 is 5.32 Å². The predicted molar refractivity (Wildman–Crippen MR) is 96.3 cm³/mol. The predicted octanol–water partition coefficient (Wildman–Crippen LogP) is 4.82. The van der Waals surface area contributed by atoms with Gasteiger partial charge in [-0.15, -0.1) is 22.7 Å². The number of carbonyl (C=O) groups excluding carboxylic acids is 1. The Kier molecular flexibility index (Phi) is 4.28. The van der Waals surface area contributed by atoms with Crippen molar-refractivity contribution in [2.75, 3.05) is 5.32 Å². The number of aromatic nitrogens is 2. The van der Waals surface area contributed by atoms with E-state index < -0.39 is 0 Å². The fourth-order valence-electron chi connectivity index (χ4n) is 2.01. The van der Waals surface area contributed by atoms with E-state index in [0.29, 0.717) is 4.88 Å². The lowest BCUT2D eigenvalue weighted by atomic mass is 9.98. The van der Waals surface area contributed by atoms with Gasteiger partial charge >= 0.3 is 0 Å². The van der Waals surface area contributed by atoms with E-state index >= 15 is 0 Å². The van der Waals surface area contributed by atoms with Crippen LogP contribution in [-0.4, -0.2) is 15.9 Å². The van der Waals surface area contributed by atoms with Crippen molar-refractivity contribution in [3.63, 3.8) is 0 Å². The van der Waals surface area contributed by atoms with Crippen molar-refractivity contribution in [2.24, 2.45) is 0 Å². The van der Waals surface area contributed by atoms with E-state index in [1.165, 1.54) is 11.3 Å². The first-order chi connectivity index (χ1) is 10.9. The van der Waals surface area contributed by atoms with Gasteiger partial charge in [0.25, 0.3) is 5.91 Å². The number of hydrogen-bond donors (Lipinski definition) is 1. The van der Waals surface area contributed by atoms with Crippen molar-refractivity contribution in [3.8, 4) is 10.6 Å². The summed E-state index contributed by atoms with van der Waals surface area (Å²) >= 11 is 3.01. The van der Waals surface area contributed by atoms with Crippen LogP contribution in [0.5, 0.6) is 0 Å². The summed E-state index contributed by atoms with van der Waals surface area (Å²) in [5.41, 5.74) is 1.71. The number of carbonyl (C=O) groups is 1. The van der Waals surface area contributed by atoms with Gasteiger partial charge in [-0.05, 0) is 12.1 Å². The Morgan fingerprint density at radius 2 is 2.04 bits per heavy atom. The summed E-state index contributed by atoms with van der Waals surface area (Å²) in [5, 5.41) is 6.77. The fraction of sp³-hybridized carbons (Fsp3) is 0.235. The molecule has 0 saturated heterocycles. The molecule has 0 aliphatic heterocycles. The summed E-state index contributed by atoms with van der Waals surface area (Å²) in [5.74, 6) is -0.130. The van der Waals surface area contributed by atoms with E-state index in [0.717, 1.165) is 21.3 Å². The van der Waals surface area contributed by atoms with Crippen LogP contribution in [-0.2, 0) is 5.41 Å². The number of nitrogens with zero attached hydrogens (tertiary/aromatic N) is 2. The van der Waals surface area contributed by atoms with Crippen molar-refractivity contribution in [1.29, 1.82) is 0 Å². The summed E-state index contributed by atoms with van der Waals surface area (Å²) in [6.45, 7) is 6.26. The molecule has 0 bridgehead atoms. The van der Waals surface area contributed by atoms with Crippen LogP contribution < -0.4 is 5.32 Å². The average Bonchev–Trinajstić information content (AvgIpc) is 3.19. The molecule has 118 valence electrons. The summed E-state index contributed by atoms with van der Waals surface area (Å²) in [6.07, 6.45) is 3.42. The molecule has 3 aromatic rings. The lowest BCUT2D eigenvalue weighted by Crippen LogP contribution is -2.11. The molecule has 1 aromatic carbocycles. The molecule has 4 nitrogen and oxygen atoms in total. The number of rotatable bonds is 3. The molecule has 0 atom stereocenters. The Morgan fingerprint density at radius 3 is 2.70 bits per heavy atom. The first-order valence-electron chi connectivity index (χ1n) is 7.21. The summed E-state index contributed by atoms with van der Waals surface area (Å²) in [4.78, 5) is 21.7. The lowest BCUT2D eigenvalue weighted by Gasteiger charge is -2.13. The molecule has 0 unspecified atom stereocenters. The minimum Gasteiger partial charge on any atom is -0.321 e. The molecule has 23 heavy (non-hydrogen) atoms. The third kappa shape index (κ3) is 3.65. The van der Waals surface area contributed by atoms with Crippen molar-refractivity contribution in [3.05, 3.63) is 51.9 Å². The fourth-order valence-corrected chi connectivity index (χ4v) is 3.52. The Labute approximate surface area is 143 Å². The van der Waals surface area contributed by atoms with E-state index in [-0.39, 0.29) is 11.3 Å². The van der Waals surface area contributed by atoms with Crippen molar-refractivity contribution in [2.45, 2.75) is 26.2 Å². The van der Waals surface area contributed by atoms with Gasteiger partial charge in [0.2, 0.25) is 0 Å². The van der Waals surface area contributed by atoms with Gasteiger partial charge in [0.1, 0.15) is 9.88 Å². The van der Waals surface area contributed by atoms with Crippen LogP contribution in [0.1, 0.15) is 35.5 Å². The van der Waals surface area contributed by atoms with Gasteiger partial charge in [-0.3, -0.25) is 4.79 Å². The van der Waals surface area contributed by atoms with Crippen molar-refractivity contribution >= 4 is 34.3 Å². The van der Waals surface area contributed by atoms with Crippen LogP contribution in [0.15, 0.2) is 42.0 Å². The maximum Gasteiger partial charge on any atom is 0.267 e. The highest BCUT2D eigenvalue weighted by molar-refractivity contribution is 7.14. The van der Waals surface area contributed by atoms with Crippen LogP contribution in [0.3, 0.4) is 0 Å². The number of amides is 1. The summed E-state index contributed by atoms with van der Waals surface area (Å²) in [7, 11) is 0. The molecular formula is C17H17N3OS2.